The molecule has 0 fully saturated rings. The van der Waals surface area contributed by atoms with Crippen LogP contribution in [0.3, 0.4) is 0 Å². The maximum absolute atomic E-state index is 11.4. The molecule has 0 radical (unpaired) electrons. The van der Waals surface area contributed by atoms with Gasteiger partial charge in [0, 0.05) is 11.6 Å². The molecule has 0 atom stereocenters. The van der Waals surface area contributed by atoms with Crippen LogP contribution in [0.1, 0.15) is 21.6 Å². The number of nitrogens with zero attached hydrogens (tertiary/aromatic N) is 1. The fraction of sp³-hybridized carbons (Fsp3) is 0.0833. The molecule has 0 saturated carbocycles. The van der Waals surface area contributed by atoms with E-state index in [1.807, 2.05) is 83.3 Å². The van der Waals surface area contributed by atoms with Gasteiger partial charge in [-0.25, -0.2) is 4.79 Å². The Morgan fingerprint density at radius 3 is 2.03 bits per heavy atom. The van der Waals surface area contributed by atoms with Crippen molar-refractivity contribution in [3.05, 3.63) is 98.2 Å². The molecule has 0 unspecified atom stereocenters. The second-order valence-corrected chi connectivity index (χ2v) is 8.38. The summed E-state index contributed by atoms with van der Waals surface area (Å²) in [6.45, 7) is 0.668. The topological polar surface area (TPSA) is 84.4 Å². The molecule has 0 aliphatic rings. The van der Waals surface area contributed by atoms with E-state index in [9.17, 15) is 9.90 Å². The van der Waals surface area contributed by atoms with Gasteiger partial charge in [0.2, 0.25) is 0 Å². The molecule has 1 heterocycles. The number of hydrogen-bond donors (Lipinski definition) is 2. The van der Waals surface area contributed by atoms with Crippen molar-refractivity contribution in [2.24, 2.45) is 0 Å². The largest absolute Gasteiger partial charge is 0.488 e. The Morgan fingerprint density at radius 1 is 0.938 bits per heavy atom. The van der Waals surface area contributed by atoms with E-state index < -0.39 is 5.97 Å². The van der Waals surface area contributed by atoms with Crippen molar-refractivity contribution < 1.29 is 19.4 Å². The summed E-state index contributed by atoms with van der Waals surface area (Å²) in [6, 6.07) is 22.9. The molecule has 32 heavy (non-hydrogen) atoms. The third kappa shape index (κ3) is 5.05. The van der Waals surface area contributed by atoms with Crippen molar-refractivity contribution >= 4 is 40.2 Å². The summed E-state index contributed by atoms with van der Waals surface area (Å²) < 4.78 is 12.5. The highest BCUT2D eigenvalue weighted by molar-refractivity contribution is 14.1. The second kappa shape index (κ2) is 10.1. The number of carboxylic acids is 1. The summed E-state index contributed by atoms with van der Waals surface area (Å²) in [5.41, 5.74) is 3.03. The lowest BCUT2D eigenvalue weighted by molar-refractivity contribution is 0.0689. The van der Waals surface area contributed by atoms with E-state index in [4.69, 9.17) is 21.1 Å². The van der Waals surface area contributed by atoms with E-state index in [0.29, 0.717) is 44.6 Å². The fourth-order valence-corrected chi connectivity index (χ4v) is 4.05. The van der Waals surface area contributed by atoms with Gasteiger partial charge in [-0.05, 0) is 39.8 Å². The molecule has 0 amide bonds. The lowest BCUT2D eigenvalue weighted by atomic mass is 10.1. The molecular weight excluding hydrogens is 543 g/mol. The van der Waals surface area contributed by atoms with E-state index in [0.717, 1.165) is 11.1 Å². The summed E-state index contributed by atoms with van der Waals surface area (Å²) in [6.07, 6.45) is 0. The van der Waals surface area contributed by atoms with Crippen LogP contribution in [0.25, 0.3) is 11.3 Å². The summed E-state index contributed by atoms with van der Waals surface area (Å²) in [4.78, 5) is 11.4. The maximum Gasteiger partial charge on any atom is 0.355 e. The number of carbonyl (C=O) groups is 1. The Labute approximate surface area is 203 Å². The van der Waals surface area contributed by atoms with Gasteiger partial charge >= 0.3 is 5.97 Å². The number of aromatic carboxylic acids is 1. The van der Waals surface area contributed by atoms with E-state index in [2.05, 4.69) is 10.2 Å². The van der Waals surface area contributed by atoms with Crippen molar-refractivity contribution in [2.75, 3.05) is 0 Å². The SMILES string of the molecule is O=C(O)c1[nH]nc(-c2cc(Cl)c(OCc3ccccc3)cc2OCc2ccccc2)c1I. The standard InChI is InChI=1S/C24H18ClIN2O4/c25-18-11-17(22-21(26)23(24(29)30)28-27-22)19(31-13-15-7-3-1-4-8-15)12-20(18)32-14-16-9-5-2-6-10-16/h1-12H,13-14H2,(H,27,28)(H,29,30). The van der Waals surface area contributed by atoms with Crippen LogP contribution in [0.4, 0.5) is 0 Å². The molecule has 0 saturated heterocycles. The zero-order chi connectivity index (χ0) is 22.5. The lowest BCUT2D eigenvalue weighted by Crippen LogP contribution is -2.01. The van der Waals surface area contributed by atoms with Crippen molar-refractivity contribution in [1.82, 2.24) is 10.2 Å². The first-order chi connectivity index (χ1) is 15.5. The van der Waals surface area contributed by atoms with Crippen LogP contribution in [0.2, 0.25) is 5.02 Å². The predicted molar refractivity (Wildman–Crippen MR) is 130 cm³/mol. The molecule has 4 aromatic rings. The summed E-state index contributed by atoms with van der Waals surface area (Å²) in [5, 5.41) is 16.5. The Morgan fingerprint density at radius 2 is 1.50 bits per heavy atom. The van der Waals surface area contributed by atoms with Crippen LogP contribution < -0.4 is 9.47 Å². The van der Waals surface area contributed by atoms with Gasteiger partial charge in [0.1, 0.15) is 30.4 Å². The van der Waals surface area contributed by atoms with Gasteiger partial charge in [-0.15, -0.1) is 0 Å². The van der Waals surface area contributed by atoms with Crippen LogP contribution in [0, 0.1) is 3.57 Å². The first-order valence-electron chi connectivity index (χ1n) is 9.67. The second-order valence-electron chi connectivity index (χ2n) is 6.89. The number of ether oxygens (including phenoxy) is 2. The van der Waals surface area contributed by atoms with Gasteiger partial charge in [0.25, 0.3) is 0 Å². The van der Waals surface area contributed by atoms with Gasteiger partial charge in [0.05, 0.1) is 8.59 Å². The maximum atomic E-state index is 11.4. The Hall–Kier alpha value is -3.04. The molecule has 162 valence electrons. The molecule has 2 N–H and O–H groups in total. The molecule has 0 spiro atoms. The quantitative estimate of drug-likeness (QED) is 0.251. The van der Waals surface area contributed by atoms with E-state index >= 15 is 0 Å². The van der Waals surface area contributed by atoms with E-state index in [1.165, 1.54) is 0 Å². The van der Waals surface area contributed by atoms with E-state index in [1.54, 1.807) is 12.1 Å². The van der Waals surface area contributed by atoms with Gasteiger partial charge in [-0.3, -0.25) is 5.10 Å². The molecule has 6 nitrogen and oxygen atoms in total. The summed E-state index contributed by atoms with van der Waals surface area (Å²) in [5.74, 6) is -0.136. The number of aromatic amines is 1. The fourth-order valence-electron chi connectivity index (χ4n) is 3.07. The van der Waals surface area contributed by atoms with Crippen LogP contribution in [-0.2, 0) is 13.2 Å². The van der Waals surface area contributed by atoms with Crippen LogP contribution in [-0.4, -0.2) is 21.3 Å². The molecule has 0 aliphatic carbocycles. The number of H-pyrrole nitrogens is 1. The zero-order valence-electron chi connectivity index (χ0n) is 16.7. The van der Waals surface area contributed by atoms with Gasteiger partial charge < -0.3 is 14.6 Å². The number of halogens is 2. The van der Waals surface area contributed by atoms with Crippen LogP contribution >= 0.6 is 34.2 Å². The number of rotatable bonds is 8. The van der Waals surface area contributed by atoms with Gasteiger partial charge in [-0.2, -0.15) is 5.10 Å². The van der Waals surface area contributed by atoms with Crippen molar-refractivity contribution in [3.8, 4) is 22.8 Å². The van der Waals surface area contributed by atoms with Gasteiger partial charge in [0.15, 0.2) is 5.69 Å². The highest BCUT2D eigenvalue weighted by Crippen LogP contribution is 2.40. The number of aromatic nitrogens is 2. The van der Waals surface area contributed by atoms with Crippen molar-refractivity contribution in [1.29, 1.82) is 0 Å². The highest BCUT2D eigenvalue weighted by atomic mass is 127. The molecule has 8 heteroatoms. The van der Waals surface area contributed by atoms with Gasteiger partial charge in [-0.1, -0.05) is 72.3 Å². The average molecular weight is 561 g/mol. The molecule has 0 bridgehead atoms. The number of carboxylic acid groups (broad SMARTS) is 1. The molecule has 0 aliphatic heterocycles. The zero-order valence-corrected chi connectivity index (χ0v) is 19.6. The van der Waals surface area contributed by atoms with Crippen LogP contribution in [0.15, 0.2) is 72.8 Å². The first-order valence-corrected chi connectivity index (χ1v) is 11.1. The predicted octanol–water partition coefficient (Wildman–Crippen LogP) is 6.19. The van der Waals surface area contributed by atoms with Crippen LogP contribution in [0.5, 0.6) is 11.5 Å². The van der Waals surface area contributed by atoms with E-state index in [-0.39, 0.29) is 5.69 Å². The third-order valence-electron chi connectivity index (χ3n) is 4.68. The smallest absolute Gasteiger partial charge is 0.355 e. The highest BCUT2D eigenvalue weighted by Gasteiger charge is 2.22. The van der Waals surface area contributed by atoms with Crippen molar-refractivity contribution in [2.45, 2.75) is 13.2 Å². The minimum atomic E-state index is -1.09. The molecule has 1 aromatic heterocycles. The first kappa shape index (κ1) is 22.2. The number of hydrogen-bond acceptors (Lipinski definition) is 4. The Bertz CT molecular complexity index is 1230. The molecule has 4 rings (SSSR count). The minimum Gasteiger partial charge on any atom is -0.488 e. The lowest BCUT2D eigenvalue weighted by Gasteiger charge is -2.15. The monoisotopic (exact) mass is 560 g/mol. The molecular formula is C24H18ClIN2O4. The normalized spacial score (nSPS) is 10.7. The third-order valence-corrected chi connectivity index (χ3v) is 6.03. The summed E-state index contributed by atoms with van der Waals surface area (Å²) >= 11 is 8.47. The average Bonchev–Trinajstić information content (AvgIpc) is 3.20. The number of nitrogens with one attached hydrogen (secondary N) is 1. The summed E-state index contributed by atoms with van der Waals surface area (Å²) in [7, 11) is 0. The minimum absolute atomic E-state index is 0.00939. The number of benzene rings is 3. The Balaban J connectivity index is 1.69. The Kier molecular flexibility index (Phi) is 6.96. The van der Waals surface area contributed by atoms with Crippen molar-refractivity contribution in [3.63, 3.8) is 0 Å². The molecule has 3 aromatic carbocycles.